The lowest BCUT2D eigenvalue weighted by Crippen LogP contribution is -2.11. The molecule has 13 rings (SSSR count). The van der Waals surface area contributed by atoms with Crippen LogP contribution in [0.25, 0.3) is 94.1 Å². The highest BCUT2D eigenvalue weighted by Crippen LogP contribution is 2.42. The van der Waals surface area contributed by atoms with Gasteiger partial charge in [0.05, 0.1) is 69.3 Å². The molecular weight excluding hydrogens is 785 g/mol. The lowest BCUT2D eigenvalue weighted by molar-refractivity contribution is 1.04. The van der Waals surface area contributed by atoms with Crippen molar-refractivity contribution in [3.63, 3.8) is 0 Å². The molecular formula is C56H36N8. The molecule has 300 valence electrons. The van der Waals surface area contributed by atoms with Crippen LogP contribution in [0.2, 0.25) is 0 Å². The van der Waals surface area contributed by atoms with Gasteiger partial charge >= 0.3 is 0 Å². The second kappa shape index (κ2) is 14.4. The maximum absolute atomic E-state index is 4.93. The maximum atomic E-state index is 4.93. The van der Waals surface area contributed by atoms with E-state index in [0.29, 0.717) is 11.6 Å². The summed E-state index contributed by atoms with van der Waals surface area (Å²) in [5, 5.41) is 7.03. The Balaban J connectivity index is 0.955. The summed E-state index contributed by atoms with van der Waals surface area (Å²) in [4.78, 5) is 21.7. The molecule has 0 aliphatic carbocycles. The van der Waals surface area contributed by atoms with Crippen LogP contribution in [0.5, 0.6) is 0 Å². The first-order chi connectivity index (χ1) is 31.8. The van der Waals surface area contributed by atoms with Crippen LogP contribution in [0.3, 0.4) is 0 Å². The number of rotatable bonds is 7. The lowest BCUT2D eigenvalue weighted by Gasteiger charge is -2.25. The minimum atomic E-state index is 0.445. The van der Waals surface area contributed by atoms with Gasteiger partial charge in [0.1, 0.15) is 0 Å². The molecule has 8 aromatic carbocycles. The second-order valence-corrected chi connectivity index (χ2v) is 16.0. The number of fused-ring (bicyclic) bond motifs is 9. The molecule has 0 atom stereocenters. The van der Waals surface area contributed by atoms with E-state index in [9.17, 15) is 0 Å². The summed E-state index contributed by atoms with van der Waals surface area (Å²) in [6, 6.07) is 68.7. The molecule has 0 bridgehead atoms. The van der Waals surface area contributed by atoms with Gasteiger partial charge in [-0.2, -0.15) is 0 Å². The Morgan fingerprint density at radius 1 is 0.266 bits per heavy atom. The van der Waals surface area contributed by atoms with E-state index in [-0.39, 0.29) is 0 Å². The van der Waals surface area contributed by atoms with Crippen LogP contribution in [0.15, 0.2) is 219 Å². The van der Waals surface area contributed by atoms with Crippen molar-refractivity contribution >= 4 is 82.5 Å². The predicted molar refractivity (Wildman–Crippen MR) is 261 cm³/mol. The van der Waals surface area contributed by atoms with Crippen LogP contribution in [-0.4, -0.2) is 33.6 Å². The van der Waals surface area contributed by atoms with Crippen molar-refractivity contribution in [2.24, 2.45) is 0 Å². The molecule has 0 aliphatic heterocycles. The van der Waals surface area contributed by atoms with Crippen molar-refractivity contribution in [1.82, 2.24) is 33.6 Å². The van der Waals surface area contributed by atoms with Crippen molar-refractivity contribution in [3.8, 4) is 28.7 Å². The summed E-state index contributed by atoms with van der Waals surface area (Å²) in [6.07, 6.45) is 7.46. The number of hydrogen-bond donors (Lipinski definition) is 0. The number of hydrogen-bond acceptors (Lipinski definition) is 5. The van der Waals surface area contributed by atoms with Crippen LogP contribution in [-0.2, 0) is 0 Å². The molecule has 0 radical (unpaired) electrons. The Labute approximate surface area is 367 Å². The molecule has 5 aromatic heterocycles. The van der Waals surface area contributed by atoms with Crippen molar-refractivity contribution < 1.29 is 0 Å². The molecule has 0 spiro atoms. The molecule has 8 nitrogen and oxygen atoms in total. The van der Waals surface area contributed by atoms with Gasteiger partial charge in [0.15, 0.2) is 11.6 Å². The first kappa shape index (κ1) is 35.8. The SMILES string of the molecule is c1ccc(-n2c3ccccc3c3cc(N(c4cnc(-c5ncc(-n6c7ccccc7c7ccccc76)cn5)nc4)c4ccc5c(c4)c4ccccc4n5-c4ccccc4)ccc32)cc1. The molecule has 0 N–H and O–H groups in total. The molecule has 0 fully saturated rings. The smallest absolute Gasteiger partial charge is 0.197 e. The minimum Gasteiger partial charge on any atom is -0.309 e. The highest BCUT2D eigenvalue weighted by atomic mass is 15.2. The van der Waals surface area contributed by atoms with E-state index < -0.39 is 0 Å². The quantitative estimate of drug-likeness (QED) is 0.160. The van der Waals surface area contributed by atoms with E-state index in [2.05, 4.69) is 213 Å². The van der Waals surface area contributed by atoms with E-state index in [1.165, 1.54) is 21.5 Å². The van der Waals surface area contributed by atoms with Crippen LogP contribution in [0.4, 0.5) is 17.1 Å². The summed E-state index contributed by atoms with van der Waals surface area (Å²) >= 11 is 0. The summed E-state index contributed by atoms with van der Waals surface area (Å²) < 4.78 is 6.89. The Hall–Kier alpha value is -8.88. The summed E-state index contributed by atoms with van der Waals surface area (Å²) in [7, 11) is 0. The fourth-order valence-corrected chi connectivity index (χ4v) is 9.66. The third kappa shape index (κ3) is 5.56. The van der Waals surface area contributed by atoms with Crippen molar-refractivity contribution in [2.45, 2.75) is 0 Å². The summed E-state index contributed by atoms with van der Waals surface area (Å²) in [5.74, 6) is 0.896. The average molecular weight is 821 g/mol. The molecule has 0 unspecified atom stereocenters. The standard InChI is InChI=1S/C56H36N8/c1-3-15-37(16-4-1)62-51-25-13-9-21-45(51)47-31-39(27-29-53(47)62)61(40-28-30-54-48(32-40)46-22-10-14-26-52(46)63(54)38-17-5-2-6-18-38)41-33-57-55(58-34-41)56-59-35-42(36-60-56)64-49-23-11-7-19-43(49)44-20-8-12-24-50(44)64/h1-36H. The third-order valence-corrected chi connectivity index (χ3v) is 12.4. The zero-order valence-electron chi connectivity index (χ0n) is 34.4. The molecule has 0 aliphatic rings. The maximum Gasteiger partial charge on any atom is 0.197 e. The topological polar surface area (TPSA) is 69.6 Å². The van der Waals surface area contributed by atoms with E-state index in [1.54, 1.807) is 0 Å². The van der Waals surface area contributed by atoms with Gasteiger partial charge in [0.25, 0.3) is 0 Å². The molecule has 8 heteroatoms. The minimum absolute atomic E-state index is 0.445. The van der Waals surface area contributed by atoms with Gasteiger partial charge in [0, 0.05) is 55.1 Å². The van der Waals surface area contributed by atoms with Gasteiger partial charge < -0.3 is 18.6 Å². The van der Waals surface area contributed by atoms with E-state index in [4.69, 9.17) is 19.9 Å². The van der Waals surface area contributed by atoms with Gasteiger partial charge in [-0.3, -0.25) is 0 Å². The number of aromatic nitrogens is 7. The molecule has 0 saturated carbocycles. The van der Waals surface area contributed by atoms with Gasteiger partial charge in [-0.1, -0.05) is 109 Å². The third-order valence-electron chi connectivity index (χ3n) is 12.4. The fraction of sp³-hybridized carbons (Fsp3) is 0. The van der Waals surface area contributed by atoms with Gasteiger partial charge in [-0.25, -0.2) is 19.9 Å². The first-order valence-electron chi connectivity index (χ1n) is 21.4. The second-order valence-electron chi connectivity index (χ2n) is 16.0. The monoisotopic (exact) mass is 820 g/mol. The van der Waals surface area contributed by atoms with Crippen molar-refractivity contribution in [3.05, 3.63) is 219 Å². The number of nitrogens with zero attached hydrogens (tertiary/aromatic N) is 8. The van der Waals surface area contributed by atoms with Crippen molar-refractivity contribution in [2.75, 3.05) is 4.90 Å². The average Bonchev–Trinajstić information content (AvgIpc) is 4.00. The zero-order valence-corrected chi connectivity index (χ0v) is 34.4. The Morgan fingerprint density at radius 2 is 0.594 bits per heavy atom. The Kier molecular flexibility index (Phi) is 8.04. The number of para-hydroxylation sites is 6. The van der Waals surface area contributed by atoms with Gasteiger partial charge in [-0.15, -0.1) is 0 Å². The van der Waals surface area contributed by atoms with Crippen LogP contribution in [0.1, 0.15) is 0 Å². The molecule has 5 heterocycles. The predicted octanol–water partition coefficient (Wildman–Crippen LogP) is 13.7. The van der Waals surface area contributed by atoms with E-state index in [1.807, 2.05) is 24.8 Å². The first-order valence-corrected chi connectivity index (χ1v) is 21.4. The molecule has 0 saturated heterocycles. The highest BCUT2D eigenvalue weighted by molar-refractivity contribution is 6.13. The summed E-state index contributed by atoms with van der Waals surface area (Å²) in [6.45, 7) is 0. The van der Waals surface area contributed by atoms with Gasteiger partial charge in [-0.05, 0) is 84.9 Å². The normalized spacial score (nSPS) is 11.8. The fourth-order valence-electron chi connectivity index (χ4n) is 9.66. The molecule has 64 heavy (non-hydrogen) atoms. The van der Waals surface area contributed by atoms with E-state index >= 15 is 0 Å². The summed E-state index contributed by atoms with van der Waals surface area (Å²) in [5.41, 5.74) is 12.7. The Morgan fingerprint density at radius 3 is 1.02 bits per heavy atom. The van der Waals surface area contributed by atoms with Crippen molar-refractivity contribution in [1.29, 1.82) is 0 Å². The van der Waals surface area contributed by atoms with Gasteiger partial charge in [0.2, 0.25) is 0 Å². The van der Waals surface area contributed by atoms with Crippen LogP contribution in [0, 0.1) is 0 Å². The zero-order chi connectivity index (χ0) is 42.1. The highest BCUT2D eigenvalue weighted by Gasteiger charge is 2.21. The lowest BCUT2D eigenvalue weighted by atomic mass is 10.1. The largest absolute Gasteiger partial charge is 0.309 e. The number of anilines is 3. The Bertz CT molecular complexity index is 3680. The van der Waals surface area contributed by atoms with Crippen LogP contribution < -0.4 is 4.90 Å². The molecule has 13 aromatic rings. The van der Waals surface area contributed by atoms with E-state index in [0.717, 1.165) is 78.0 Å². The van der Waals surface area contributed by atoms with Crippen LogP contribution >= 0.6 is 0 Å². The number of benzene rings is 8. The molecule has 0 amide bonds.